The Morgan fingerprint density at radius 1 is 0.774 bits per heavy atom. The molecule has 1 aliphatic carbocycles. The lowest BCUT2D eigenvalue weighted by molar-refractivity contribution is -0.134. The molecular formula is C27H27FN2O. The molecule has 158 valence electrons. The Morgan fingerprint density at radius 2 is 1.32 bits per heavy atom. The van der Waals surface area contributed by atoms with E-state index >= 15 is 0 Å². The van der Waals surface area contributed by atoms with Crippen LogP contribution in [0.1, 0.15) is 35.1 Å². The summed E-state index contributed by atoms with van der Waals surface area (Å²) in [7, 11) is 0. The van der Waals surface area contributed by atoms with Crippen LogP contribution < -0.4 is 0 Å². The molecule has 2 unspecified atom stereocenters. The molecule has 3 aromatic rings. The Bertz CT molecular complexity index is 975. The Balaban J connectivity index is 1.25. The fourth-order valence-electron chi connectivity index (χ4n) is 4.87. The number of benzene rings is 3. The van der Waals surface area contributed by atoms with Gasteiger partial charge >= 0.3 is 0 Å². The van der Waals surface area contributed by atoms with Crippen molar-refractivity contribution < 1.29 is 9.18 Å². The molecule has 1 heterocycles. The van der Waals surface area contributed by atoms with Crippen molar-refractivity contribution in [2.45, 2.75) is 18.4 Å². The predicted molar refractivity (Wildman–Crippen MR) is 120 cm³/mol. The van der Waals surface area contributed by atoms with Crippen LogP contribution in [0.2, 0.25) is 0 Å². The third-order valence-corrected chi connectivity index (χ3v) is 6.63. The molecule has 3 aromatic carbocycles. The van der Waals surface area contributed by atoms with Gasteiger partial charge in [0.2, 0.25) is 5.91 Å². The summed E-state index contributed by atoms with van der Waals surface area (Å²) in [6, 6.07) is 28.0. The first-order valence-electron chi connectivity index (χ1n) is 11.1. The van der Waals surface area contributed by atoms with Crippen LogP contribution in [0.5, 0.6) is 0 Å². The van der Waals surface area contributed by atoms with Crippen LogP contribution in [0.25, 0.3) is 0 Å². The fraction of sp³-hybridized carbons (Fsp3) is 0.296. The normalized spacial score (nSPS) is 21.3. The van der Waals surface area contributed by atoms with Gasteiger partial charge < -0.3 is 4.90 Å². The van der Waals surface area contributed by atoms with E-state index in [2.05, 4.69) is 65.6 Å². The molecule has 2 fully saturated rings. The highest BCUT2D eigenvalue weighted by Gasteiger charge is 2.46. The molecule has 2 aliphatic rings. The van der Waals surface area contributed by atoms with Crippen molar-refractivity contribution in [1.29, 1.82) is 0 Å². The van der Waals surface area contributed by atoms with E-state index < -0.39 is 0 Å². The molecule has 4 heteroatoms. The largest absolute Gasteiger partial charge is 0.340 e. The second kappa shape index (κ2) is 8.64. The van der Waals surface area contributed by atoms with Gasteiger partial charge in [-0.05, 0) is 41.2 Å². The molecule has 5 rings (SSSR count). The van der Waals surface area contributed by atoms with Gasteiger partial charge in [-0.3, -0.25) is 9.69 Å². The van der Waals surface area contributed by atoms with Crippen LogP contribution in [0.15, 0.2) is 84.9 Å². The zero-order chi connectivity index (χ0) is 21.2. The van der Waals surface area contributed by atoms with Crippen LogP contribution >= 0.6 is 0 Å². The SMILES string of the molecule is O=C(C1CC1c1ccc(F)cc1)N1CCN(C(c2ccccc2)c2ccccc2)CC1. The number of carbonyl (C=O) groups is 1. The Morgan fingerprint density at radius 3 is 1.87 bits per heavy atom. The molecule has 0 bridgehead atoms. The summed E-state index contributed by atoms with van der Waals surface area (Å²) in [6.07, 6.45) is 0.876. The maximum atomic E-state index is 13.2. The van der Waals surface area contributed by atoms with Gasteiger partial charge in [0.25, 0.3) is 0 Å². The molecule has 0 spiro atoms. The second-order valence-corrected chi connectivity index (χ2v) is 8.59. The zero-order valence-corrected chi connectivity index (χ0v) is 17.5. The number of nitrogens with zero attached hydrogens (tertiary/aromatic N) is 2. The van der Waals surface area contributed by atoms with E-state index in [9.17, 15) is 9.18 Å². The molecule has 1 amide bonds. The summed E-state index contributed by atoms with van der Waals surface area (Å²) in [4.78, 5) is 17.6. The smallest absolute Gasteiger partial charge is 0.226 e. The van der Waals surface area contributed by atoms with Crippen molar-refractivity contribution in [2.75, 3.05) is 26.2 Å². The number of rotatable bonds is 5. The molecule has 0 N–H and O–H groups in total. The first-order valence-corrected chi connectivity index (χ1v) is 11.1. The summed E-state index contributed by atoms with van der Waals surface area (Å²) < 4.78 is 13.2. The van der Waals surface area contributed by atoms with Crippen LogP contribution in [-0.4, -0.2) is 41.9 Å². The third-order valence-electron chi connectivity index (χ3n) is 6.63. The summed E-state index contributed by atoms with van der Waals surface area (Å²) in [6.45, 7) is 3.21. The summed E-state index contributed by atoms with van der Waals surface area (Å²) in [5.74, 6) is 0.323. The molecule has 1 saturated heterocycles. The maximum Gasteiger partial charge on any atom is 0.226 e. The van der Waals surface area contributed by atoms with E-state index in [1.807, 2.05) is 17.0 Å². The minimum atomic E-state index is -0.227. The van der Waals surface area contributed by atoms with Crippen molar-refractivity contribution in [3.8, 4) is 0 Å². The first-order chi connectivity index (χ1) is 15.2. The van der Waals surface area contributed by atoms with Crippen LogP contribution in [0, 0.1) is 11.7 Å². The van der Waals surface area contributed by atoms with Gasteiger partial charge in [0, 0.05) is 32.1 Å². The lowest BCUT2D eigenvalue weighted by Gasteiger charge is -2.40. The molecule has 1 saturated carbocycles. The molecule has 1 aliphatic heterocycles. The number of amides is 1. The number of hydrogen-bond donors (Lipinski definition) is 0. The van der Waals surface area contributed by atoms with E-state index in [-0.39, 0.29) is 29.6 Å². The topological polar surface area (TPSA) is 23.6 Å². The van der Waals surface area contributed by atoms with Gasteiger partial charge in [-0.15, -0.1) is 0 Å². The van der Waals surface area contributed by atoms with Crippen LogP contribution in [-0.2, 0) is 4.79 Å². The number of carbonyl (C=O) groups excluding carboxylic acids is 1. The monoisotopic (exact) mass is 414 g/mol. The van der Waals surface area contributed by atoms with Crippen molar-refractivity contribution in [3.63, 3.8) is 0 Å². The standard InChI is InChI=1S/C27H27FN2O/c28-23-13-11-20(12-14-23)24-19-25(24)27(31)30-17-15-29(16-18-30)26(21-7-3-1-4-8-21)22-9-5-2-6-10-22/h1-14,24-26H,15-19H2. The average molecular weight is 415 g/mol. The summed E-state index contributed by atoms with van der Waals surface area (Å²) in [5.41, 5.74) is 3.64. The van der Waals surface area contributed by atoms with Gasteiger partial charge in [-0.1, -0.05) is 72.8 Å². The minimum Gasteiger partial charge on any atom is -0.340 e. The molecule has 3 nitrogen and oxygen atoms in total. The van der Waals surface area contributed by atoms with Crippen molar-refractivity contribution >= 4 is 5.91 Å². The third kappa shape index (κ3) is 4.26. The Labute approximate surface area is 183 Å². The minimum absolute atomic E-state index is 0.0519. The molecular weight excluding hydrogens is 387 g/mol. The van der Waals surface area contributed by atoms with Crippen molar-refractivity contribution in [2.24, 2.45) is 5.92 Å². The van der Waals surface area contributed by atoms with Crippen LogP contribution in [0.3, 0.4) is 0 Å². The quantitative estimate of drug-likeness (QED) is 0.595. The number of piperazine rings is 1. The molecule has 0 aromatic heterocycles. The second-order valence-electron chi connectivity index (χ2n) is 8.59. The van der Waals surface area contributed by atoms with E-state index in [0.29, 0.717) is 0 Å². The van der Waals surface area contributed by atoms with Gasteiger partial charge in [-0.25, -0.2) is 4.39 Å². The van der Waals surface area contributed by atoms with Crippen LogP contribution in [0.4, 0.5) is 4.39 Å². The van der Waals surface area contributed by atoms with Gasteiger partial charge in [0.05, 0.1) is 6.04 Å². The lowest BCUT2D eigenvalue weighted by atomic mass is 9.96. The van der Waals surface area contributed by atoms with Crippen molar-refractivity contribution in [3.05, 3.63) is 107 Å². The summed E-state index contributed by atoms with van der Waals surface area (Å²) >= 11 is 0. The van der Waals surface area contributed by atoms with Gasteiger partial charge in [0.1, 0.15) is 5.82 Å². The summed E-state index contributed by atoms with van der Waals surface area (Å²) in [5, 5.41) is 0. The number of halogens is 1. The highest BCUT2D eigenvalue weighted by Crippen LogP contribution is 2.48. The zero-order valence-electron chi connectivity index (χ0n) is 17.5. The highest BCUT2D eigenvalue weighted by molar-refractivity contribution is 5.83. The predicted octanol–water partition coefficient (Wildman–Crippen LogP) is 4.86. The van der Waals surface area contributed by atoms with Crippen molar-refractivity contribution in [1.82, 2.24) is 9.80 Å². The molecule has 2 atom stereocenters. The van der Waals surface area contributed by atoms with E-state index in [1.54, 1.807) is 0 Å². The fourth-order valence-corrected chi connectivity index (χ4v) is 4.87. The van der Waals surface area contributed by atoms with E-state index in [4.69, 9.17) is 0 Å². The first kappa shape index (κ1) is 20.0. The average Bonchev–Trinajstić information content (AvgIpc) is 3.62. The molecule has 0 radical (unpaired) electrons. The Kier molecular flexibility index (Phi) is 5.56. The Hall–Kier alpha value is -2.98. The van der Waals surface area contributed by atoms with Gasteiger partial charge in [0.15, 0.2) is 0 Å². The molecule has 31 heavy (non-hydrogen) atoms. The highest BCUT2D eigenvalue weighted by atomic mass is 19.1. The van der Waals surface area contributed by atoms with E-state index in [0.717, 1.165) is 38.2 Å². The number of hydrogen-bond acceptors (Lipinski definition) is 2. The lowest BCUT2D eigenvalue weighted by Crippen LogP contribution is -2.50. The van der Waals surface area contributed by atoms with E-state index in [1.165, 1.54) is 23.3 Å². The van der Waals surface area contributed by atoms with Gasteiger partial charge in [-0.2, -0.15) is 0 Å². The maximum absolute atomic E-state index is 13.2.